The van der Waals surface area contributed by atoms with E-state index in [9.17, 15) is 9.90 Å². The molecule has 1 amide bonds. The van der Waals surface area contributed by atoms with Gasteiger partial charge < -0.3 is 9.84 Å². The van der Waals surface area contributed by atoms with Crippen LogP contribution in [0.3, 0.4) is 0 Å². The molecule has 128 valence electrons. The first-order valence-electron chi connectivity index (χ1n) is 8.53. The maximum absolute atomic E-state index is 12.0. The number of amides is 1. The molecule has 5 heteroatoms. The van der Waals surface area contributed by atoms with Gasteiger partial charge >= 0.3 is 6.09 Å². The predicted molar refractivity (Wildman–Crippen MR) is 87.3 cm³/mol. The predicted octanol–water partition coefficient (Wildman–Crippen LogP) is 3.87. The summed E-state index contributed by atoms with van der Waals surface area (Å²) in [5.41, 5.74) is 0.924. The van der Waals surface area contributed by atoms with Gasteiger partial charge in [-0.2, -0.15) is 5.06 Å². The first-order valence-corrected chi connectivity index (χ1v) is 8.53. The monoisotopic (exact) mass is 321 g/mol. The number of aliphatic hydroxyl groups is 1. The number of unbranched alkanes of at least 4 members (excludes halogenated alkanes) is 4. The summed E-state index contributed by atoms with van der Waals surface area (Å²) in [5, 5.41) is 11.1. The maximum Gasteiger partial charge on any atom is 0.434 e. The number of rotatable bonds is 8. The van der Waals surface area contributed by atoms with Gasteiger partial charge in [0.05, 0.1) is 6.54 Å². The molecule has 1 aliphatic heterocycles. The smallest absolute Gasteiger partial charge is 0.434 e. The first kappa shape index (κ1) is 17.8. The summed E-state index contributed by atoms with van der Waals surface area (Å²) in [6, 6.07) is 9.50. The number of nitrogens with zero attached hydrogens (tertiary/aromatic N) is 1. The quantitative estimate of drug-likeness (QED) is 0.739. The van der Waals surface area contributed by atoms with E-state index >= 15 is 0 Å². The summed E-state index contributed by atoms with van der Waals surface area (Å²) in [7, 11) is 0. The fraction of sp³-hybridized carbons (Fsp3) is 0.611. The summed E-state index contributed by atoms with van der Waals surface area (Å²) in [4.78, 5) is 17.2. The van der Waals surface area contributed by atoms with Gasteiger partial charge in [-0.1, -0.05) is 69.4 Å². The Morgan fingerprint density at radius 3 is 2.74 bits per heavy atom. The molecule has 2 unspecified atom stereocenters. The topological polar surface area (TPSA) is 59.0 Å². The molecular formula is C18H27NO4. The molecule has 0 radical (unpaired) electrons. The molecule has 1 N–H and O–H groups in total. The first-order chi connectivity index (χ1) is 11.2. The Bertz CT molecular complexity index is 465. The van der Waals surface area contributed by atoms with Crippen molar-refractivity contribution in [3.05, 3.63) is 35.9 Å². The second-order valence-corrected chi connectivity index (χ2v) is 6.06. The van der Waals surface area contributed by atoms with E-state index in [1.54, 1.807) is 0 Å². The zero-order valence-electron chi connectivity index (χ0n) is 13.8. The molecule has 1 fully saturated rings. The molecule has 5 nitrogen and oxygen atoms in total. The van der Waals surface area contributed by atoms with Crippen LogP contribution < -0.4 is 0 Å². The van der Waals surface area contributed by atoms with E-state index < -0.39 is 12.4 Å². The maximum atomic E-state index is 12.0. The minimum absolute atomic E-state index is 0.0269. The highest BCUT2D eigenvalue weighted by molar-refractivity contribution is 5.66. The highest BCUT2D eigenvalue weighted by atomic mass is 16.8. The van der Waals surface area contributed by atoms with Crippen molar-refractivity contribution in [1.29, 1.82) is 0 Å². The van der Waals surface area contributed by atoms with E-state index in [4.69, 9.17) is 9.57 Å². The standard InChI is InChI=1S/C18H27NO4/c1-2-3-4-5-9-12-16-13-19(23-17(16)20)18(21)22-14-15-10-7-6-8-11-15/h6-8,10-11,16-17,20H,2-5,9,12-14H2,1H3. The Labute approximate surface area is 138 Å². The number of aliphatic hydroxyl groups excluding tert-OH is 1. The molecule has 0 aromatic heterocycles. The average Bonchev–Trinajstić information content (AvgIpc) is 2.94. The minimum atomic E-state index is -0.912. The molecule has 0 spiro atoms. The van der Waals surface area contributed by atoms with Crippen LogP contribution in [0.25, 0.3) is 0 Å². The van der Waals surface area contributed by atoms with E-state index in [2.05, 4.69) is 6.92 Å². The number of carbonyl (C=O) groups excluding carboxylic acids is 1. The number of ether oxygens (including phenoxy) is 1. The Morgan fingerprint density at radius 1 is 1.26 bits per heavy atom. The van der Waals surface area contributed by atoms with Gasteiger partial charge in [-0.05, 0) is 12.0 Å². The van der Waals surface area contributed by atoms with Gasteiger partial charge in [-0.25, -0.2) is 9.63 Å². The van der Waals surface area contributed by atoms with E-state index in [0.717, 1.165) is 29.9 Å². The van der Waals surface area contributed by atoms with Crippen LogP contribution in [0, 0.1) is 5.92 Å². The lowest BCUT2D eigenvalue weighted by atomic mass is 10.0. The summed E-state index contributed by atoms with van der Waals surface area (Å²) >= 11 is 0. The molecule has 23 heavy (non-hydrogen) atoms. The van der Waals surface area contributed by atoms with Crippen molar-refractivity contribution < 1.29 is 19.5 Å². The van der Waals surface area contributed by atoms with Crippen LogP contribution in [-0.2, 0) is 16.2 Å². The lowest BCUT2D eigenvalue weighted by Crippen LogP contribution is -2.28. The summed E-state index contributed by atoms with van der Waals surface area (Å²) in [6.07, 6.45) is 5.33. The van der Waals surface area contributed by atoms with Crippen molar-refractivity contribution in [2.45, 2.75) is 58.3 Å². The van der Waals surface area contributed by atoms with Gasteiger partial charge in [0.25, 0.3) is 0 Å². The average molecular weight is 321 g/mol. The largest absolute Gasteiger partial charge is 0.443 e. The lowest BCUT2D eigenvalue weighted by Gasteiger charge is -2.14. The van der Waals surface area contributed by atoms with Crippen LogP contribution in [0.15, 0.2) is 30.3 Å². The second kappa shape index (κ2) is 9.53. The van der Waals surface area contributed by atoms with Crippen molar-refractivity contribution >= 4 is 6.09 Å². The SMILES string of the molecule is CCCCCCCC1CN(C(=O)OCc2ccccc2)OC1O. The van der Waals surface area contributed by atoms with Crippen molar-refractivity contribution in [3.63, 3.8) is 0 Å². The van der Waals surface area contributed by atoms with E-state index in [0.29, 0.717) is 6.54 Å². The molecular weight excluding hydrogens is 294 g/mol. The highest BCUT2D eigenvalue weighted by Crippen LogP contribution is 2.25. The van der Waals surface area contributed by atoms with Crippen LogP contribution in [0.4, 0.5) is 4.79 Å². The minimum Gasteiger partial charge on any atom is -0.443 e. The fourth-order valence-electron chi connectivity index (χ4n) is 2.72. The normalized spacial score (nSPS) is 20.7. The van der Waals surface area contributed by atoms with Crippen LogP contribution in [0.5, 0.6) is 0 Å². The Morgan fingerprint density at radius 2 is 2.00 bits per heavy atom. The van der Waals surface area contributed by atoms with Gasteiger partial charge in [0.15, 0.2) is 6.29 Å². The lowest BCUT2D eigenvalue weighted by molar-refractivity contribution is -0.201. The fourth-order valence-corrected chi connectivity index (χ4v) is 2.72. The van der Waals surface area contributed by atoms with Gasteiger partial charge in [0.1, 0.15) is 6.61 Å². The number of carbonyl (C=O) groups is 1. The van der Waals surface area contributed by atoms with E-state index in [1.165, 1.54) is 19.3 Å². The van der Waals surface area contributed by atoms with Gasteiger partial charge in [0.2, 0.25) is 0 Å². The molecule has 1 heterocycles. The number of benzene rings is 1. The molecule has 0 saturated carbocycles. The summed E-state index contributed by atoms with van der Waals surface area (Å²) < 4.78 is 5.22. The molecule has 2 rings (SSSR count). The molecule has 1 saturated heterocycles. The second-order valence-electron chi connectivity index (χ2n) is 6.06. The van der Waals surface area contributed by atoms with E-state index in [-0.39, 0.29) is 12.5 Å². The van der Waals surface area contributed by atoms with Gasteiger partial charge in [0, 0.05) is 5.92 Å². The number of hydroxylamine groups is 2. The van der Waals surface area contributed by atoms with Gasteiger partial charge in [-0.3, -0.25) is 0 Å². The molecule has 2 atom stereocenters. The Balaban J connectivity index is 1.69. The van der Waals surface area contributed by atoms with Crippen LogP contribution in [0.2, 0.25) is 0 Å². The summed E-state index contributed by atoms with van der Waals surface area (Å²) in [6.45, 7) is 2.79. The number of hydrogen-bond acceptors (Lipinski definition) is 4. The molecule has 0 aliphatic carbocycles. The van der Waals surface area contributed by atoms with Crippen molar-refractivity contribution in [2.24, 2.45) is 5.92 Å². The van der Waals surface area contributed by atoms with Crippen LogP contribution >= 0.6 is 0 Å². The van der Waals surface area contributed by atoms with Gasteiger partial charge in [-0.15, -0.1) is 0 Å². The van der Waals surface area contributed by atoms with E-state index in [1.807, 2.05) is 30.3 Å². The Kier molecular flexibility index (Phi) is 7.36. The molecule has 0 bridgehead atoms. The summed E-state index contributed by atoms with van der Waals surface area (Å²) in [5.74, 6) is -0.0269. The zero-order valence-corrected chi connectivity index (χ0v) is 13.8. The number of hydrogen-bond donors (Lipinski definition) is 1. The third kappa shape index (κ3) is 5.84. The third-order valence-corrected chi connectivity index (χ3v) is 4.13. The Hall–Kier alpha value is -1.59. The van der Waals surface area contributed by atoms with Crippen LogP contribution in [0.1, 0.15) is 51.0 Å². The van der Waals surface area contributed by atoms with Crippen molar-refractivity contribution in [3.8, 4) is 0 Å². The molecule has 1 aliphatic rings. The zero-order chi connectivity index (χ0) is 16.5. The van der Waals surface area contributed by atoms with Crippen molar-refractivity contribution in [1.82, 2.24) is 5.06 Å². The third-order valence-electron chi connectivity index (χ3n) is 4.13. The molecule has 1 aromatic rings. The van der Waals surface area contributed by atoms with Crippen LogP contribution in [-0.4, -0.2) is 29.1 Å². The molecule has 1 aromatic carbocycles. The van der Waals surface area contributed by atoms with Crippen molar-refractivity contribution in [2.75, 3.05) is 6.54 Å². The highest BCUT2D eigenvalue weighted by Gasteiger charge is 2.36.